The number of non-ortho nitro benzene ring substituents is 1. The first kappa shape index (κ1) is 21.3. The van der Waals surface area contributed by atoms with Gasteiger partial charge in [0.2, 0.25) is 0 Å². The maximum Gasteiger partial charge on any atom is 0.269 e. The Labute approximate surface area is 197 Å². The third-order valence-electron chi connectivity index (χ3n) is 6.16. The molecule has 0 saturated heterocycles. The summed E-state index contributed by atoms with van der Waals surface area (Å²) in [5.41, 5.74) is 7.13. The molecule has 0 radical (unpaired) electrons. The van der Waals surface area contributed by atoms with Gasteiger partial charge in [0, 0.05) is 41.1 Å². The van der Waals surface area contributed by atoms with Gasteiger partial charge in [-0.05, 0) is 47.9 Å². The molecule has 5 rings (SSSR count). The highest BCUT2D eigenvalue weighted by molar-refractivity contribution is 6.14. The number of hydrogen-bond donors (Lipinski definition) is 0. The minimum Gasteiger partial charge on any atom is -0.337 e. The van der Waals surface area contributed by atoms with Gasteiger partial charge < -0.3 is 4.57 Å². The standard InChI is InChI=1S/C29H22N2O3/c1-20-16-17-30-27(22-10-6-3-7-11-22)19-26(21-8-4-2-5-9-21)28(30)18-25(20)29(32)23-12-14-24(15-13-23)31(33)34/h2-16,18-19H,17H2,1H3. The molecule has 1 aromatic heterocycles. The van der Waals surface area contributed by atoms with E-state index in [0.717, 1.165) is 33.7 Å². The van der Waals surface area contributed by atoms with E-state index in [2.05, 4.69) is 41.0 Å². The van der Waals surface area contributed by atoms with Crippen LogP contribution in [0.3, 0.4) is 0 Å². The number of Topliss-reactive ketones (excluding diaryl/α,β-unsaturated/α-hetero) is 1. The first-order chi connectivity index (χ1) is 16.5. The number of nitro groups is 1. The molecular formula is C29H22N2O3. The first-order valence-electron chi connectivity index (χ1n) is 11.1. The van der Waals surface area contributed by atoms with E-state index in [1.807, 2.05) is 49.4 Å². The lowest BCUT2D eigenvalue weighted by atomic mass is 9.95. The monoisotopic (exact) mass is 446 g/mol. The fraction of sp³-hybridized carbons (Fsp3) is 0.0690. The van der Waals surface area contributed by atoms with Crippen molar-refractivity contribution < 1.29 is 9.72 Å². The Morgan fingerprint density at radius 1 is 0.882 bits per heavy atom. The molecule has 0 unspecified atom stereocenters. The topological polar surface area (TPSA) is 65.1 Å². The van der Waals surface area contributed by atoms with Crippen LogP contribution < -0.4 is 0 Å². The molecule has 2 heterocycles. The smallest absolute Gasteiger partial charge is 0.269 e. The van der Waals surface area contributed by atoms with Crippen LogP contribution in [0.2, 0.25) is 0 Å². The number of rotatable bonds is 5. The zero-order chi connectivity index (χ0) is 23.7. The van der Waals surface area contributed by atoms with Crippen LogP contribution in [0, 0.1) is 10.1 Å². The Morgan fingerprint density at radius 3 is 2.12 bits per heavy atom. The number of nitrogens with zero attached hydrogens (tertiary/aromatic N) is 2. The average molecular weight is 447 g/mol. The number of benzene rings is 3. The van der Waals surface area contributed by atoms with E-state index in [-0.39, 0.29) is 11.5 Å². The van der Waals surface area contributed by atoms with Gasteiger partial charge in [-0.25, -0.2) is 0 Å². The molecule has 0 amide bonds. The van der Waals surface area contributed by atoms with Crippen LogP contribution in [0.15, 0.2) is 108 Å². The van der Waals surface area contributed by atoms with Crippen molar-refractivity contribution in [2.24, 2.45) is 0 Å². The highest BCUT2D eigenvalue weighted by Crippen LogP contribution is 2.37. The fourth-order valence-electron chi connectivity index (χ4n) is 4.34. The largest absolute Gasteiger partial charge is 0.337 e. The second-order valence-electron chi connectivity index (χ2n) is 8.25. The fourth-order valence-corrected chi connectivity index (χ4v) is 4.34. The molecule has 0 saturated carbocycles. The zero-order valence-corrected chi connectivity index (χ0v) is 18.6. The number of carbonyl (C=O) groups excluding carboxylic acids is 1. The summed E-state index contributed by atoms with van der Waals surface area (Å²) >= 11 is 0. The zero-order valence-electron chi connectivity index (χ0n) is 18.6. The first-order valence-corrected chi connectivity index (χ1v) is 11.1. The van der Waals surface area contributed by atoms with E-state index in [1.165, 1.54) is 24.3 Å². The molecule has 1 aliphatic rings. The van der Waals surface area contributed by atoms with Crippen LogP contribution in [0.5, 0.6) is 0 Å². The Hall–Kier alpha value is -4.51. The summed E-state index contributed by atoms with van der Waals surface area (Å²) < 4.78 is 2.23. The molecular weight excluding hydrogens is 424 g/mol. The van der Waals surface area contributed by atoms with Gasteiger partial charge in [-0.1, -0.05) is 66.7 Å². The summed E-state index contributed by atoms with van der Waals surface area (Å²) in [4.78, 5) is 24.0. The number of nitro benzene ring substituents is 1. The van der Waals surface area contributed by atoms with Crippen molar-refractivity contribution >= 4 is 17.5 Å². The highest BCUT2D eigenvalue weighted by atomic mass is 16.6. The molecule has 166 valence electrons. The van der Waals surface area contributed by atoms with Gasteiger partial charge in [0.25, 0.3) is 5.69 Å². The predicted octanol–water partition coefficient (Wildman–Crippen LogP) is 6.96. The highest BCUT2D eigenvalue weighted by Gasteiger charge is 2.22. The third kappa shape index (κ3) is 3.88. The maximum absolute atomic E-state index is 13.5. The SMILES string of the molecule is CC1=CCn2c(-c3ccccc3)cc(-c3ccccc3)c2C=C1C(=O)c1ccc([N+](=O)[O-])cc1. The van der Waals surface area contributed by atoms with Crippen molar-refractivity contribution in [3.8, 4) is 22.4 Å². The number of carbonyl (C=O) groups is 1. The van der Waals surface area contributed by atoms with Crippen molar-refractivity contribution in [3.05, 3.63) is 130 Å². The van der Waals surface area contributed by atoms with Crippen LogP contribution in [-0.2, 0) is 6.54 Å². The van der Waals surface area contributed by atoms with Gasteiger partial charge in [0.05, 0.1) is 10.6 Å². The van der Waals surface area contributed by atoms with E-state index in [4.69, 9.17) is 0 Å². The molecule has 0 aliphatic carbocycles. The van der Waals surface area contributed by atoms with Crippen molar-refractivity contribution in [2.75, 3.05) is 0 Å². The van der Waals surface area contributed by atoms with Crippen LogP contribution in [0.1, 0.15) is 23.0 Å². The van der Waals surface area contributed by atoms with Gasteiger partial charge in [-0.2, -0.15) is 0 Å². The van der Waals surface area contributed by atoms with Crippen LogP contribution >= 0.6 is 0 Å². The van der Waals surface area contributed by atoms with E-state index in [9.17, 15) is 14.9 Å². The van der Waals surface area contributed by atoms with Crippen LogP contribution in [0.4, 0.5) is 5.69 Å². The van der Waals surface area contributed by atoms with E-state index < -0.39 is 4.92 Å². The molecule has 0 bridgehead atoms. The molecule has 0 spiro atoms. The number of ketones is 1. The molecule has 4 aromatic rings. The second-order valence-corrected chi connectivity index (χ2v) is 8.25. The minimum absolute atomic E-state index is 0.0357. The van der Waals surface area contributed by atoms with Gasteiger partial charge in [-0.3, -0.25) is 14.9 Å². The average Bonchev–Trinajstić information content (AvgIpc) is 3.15. The van der Waals surface area contributed by atoms with Gasteiger partial charge in [0.15, 0.2) is 5.78 Å². The molecule has 34 heavy (non-hydrogen) atoms. The maximum atomic E-state index is 13.5. The predicted molar refractivity (Wildman–Crippen MR) is 134 cm³/mol. The second kappa shape index (κ2) is 8.79. The van der Waals surface area contributed by atoms with Crippen molar-refractivity contribution in [2.45, 2.75) is 13.5 Å². The van der Waals surface area contributed by atoms with Crippen LogP contribution in [-0.4, -0.2) is 15.3 Å². The summed E-state index contributed by atoms with van der Waals surface area (Å²) in [6.45, 7) is 2.57. The van der Waals surface area contributed by atoms with Gasteiger partial charge >= 0.3 is 0 Å². The van der Waals surface area contributed by atoms with Gasteiger partial charge in [0.1, 0.15) is 0 Å². The van der Waals surface area contributed by atoms with Crippen molar-refractivity contribution in [3.63, 3.8) is 0 Å². The number of aromatic nitrogens is 1. The molecule has 3 aromatic carbocycles. The lowest BCUT2D eigenvalue weighted by Crippen LogP contribution is -2.05. The van der Waals surface area contributed by atoms with E-state index >= 15 is 0 Å². The lowest BCUT2D eigenvalue weighted by molar-refractivity contribution is -0.384. The van der Waals surface area contributed by atoms with Crippen molar-refractivity contribution in [1.29, 1.82) is 0 Å². The van der Waals surface area contributed by atoms with Gasteiger partial charge in [-0.15, -0.1) is 0 Å². The Balaban J connectivity index is 1.67. The number of hydrogen-bond acceptors (Lipinski definition) is 3. The number of allylic oxidation sites excluding steroid dienone is 3. The summed E-state index contributed by atoms with van der Waals surface area (Å²) in [5, 5.41) is 11.0. The minimum atomic E-state index is -0.464. The summed E-state index contributed by atoms with van der Waals surface area (Å²) in [5.74, 6) is -0.154. The van der Waals surface area contributed by atoms with Crippen molar-refractivity contribution in [1.82, 2.24) is 4.57 Å². The quantitative estimate of drug-likeness (QED) is 0.189. The summed E-state index contributed by atoms with van der Waals surface area (Å²) in [6, 6.07) is 28.3. The normalized spacial score (nSPS) is 12.9. The molecule has 5 nitrogen and oxygen atoms in total. The Morgan fingerprint density at radius 2 is 1.50 bits per heavy atom. The summed E-state index contributed by atoms with van der Waals surface area (Å²) in [6.07, 6.45) is 4.02. The van der Waals surface area contributed by atoms with Crippen LogP contribution in [0.25, 0.3) is 28.5 Å². The lowest BCUT2D eigenvalue weighted by Gasteiger charge is -2.10. The van der Waals surface area contributed by atoms with E-state index in [1.54, 1.807) is 0 Å². The molecule has 0 fully saturated rings. The Bertz CT molecular complexity index is 1440. The van der Waals surface area contributed by atoms with E-state index in [0.29, 0.717) is 17.7 Å². The molecule has 0 N–H and O–H groups in total. The molecule has 1 aliphatic heterocycles. The third-order valence-corrected chi connectivity index (χ3v) is 6.16. The summed E-state index contributed by atoms with van der Waals surface area (Å²) in [7, 11) is 0. The number of fused-ring (bicyclic) bond motifs is 1. The Kier molecular flexibility index (Phi) is 5.52. The molecule has 5 heteroatoms. The molecule has 0 atom stereocenters.